The molecule has 2 aromatic carbocycles. The molecule has 1 saturated heterocycles. The first-order chi connectivity index (χ1) is 12.3. The Balaban J connectivity index is 1.45. The third kappa shape index (κ3) is 5.61. The van der Waals surface area contributed by atoms with Crippen molar-refractivity contribution in [2.75, 3.05) is 29.9 Å². The Labute approximate surface area is 150 Å². The van der Waals surface area contributed by atoms with Crippen LogP contribution in [0.4, 0.5) is 11.4 Å². The number of carbonyl (C=O) groups excluding carboxylic acids is 1. The van der Waals surface area contributed by atoms with Gasteiger partial charge in [-0.25, -0.2) is 0 Å². The van der Waals surface area contributed by atoms with Gasteiger partial charge in [-0.15, -0.1) is 0 Å². The van der Waals surface area contributed by atoms with Crippen molar-refractivity contribution >= 4 is 17.3 Å². The second-order valence-corrected chi connectivity index (χ2v) is 6.68. The number of nitrogens with two attached hydrogens (primary N) is 1. The monoisotopic (exact) mass is 338 g/mol. The van der Waals surface area contributed by atoms with Gasteiger partial charge in [0.1, 0.15) is 6.54 Å². The van der Waals surface area contributed by atoms with E-state index in [1.165, 1.54) is 36.9 Å². The number of benzene rings is 2. The minimum Gasteiger partial charge on any atom is -0.372 e. The van der Waals surface area contributed by atoms with Crippen LogP contribution in [0, 0.1) is 0 Å². The average molecular weight is 338 g/mol. The number of amides is 1. The van der Waals surface area contributed by atoms with Crippen molar-refractivity contribution in [3.05, 3.63) is 60.2 Å². The van der Waals surface area contributed by atoms with Crippen molar-refractivity contribution in [2.45, 2.75) is 32.2 Å². The maximum Gasteiger partial charge on any atom is 0.279 e. The number of rotatable bonds is 6. The molecular formula is C21H28N3O+. The predicted molar refractivity (Wildman–Crippen MR) is 103 cm³/mol. The van der Waals surface area contributed by atoms with Gasteiger partial charge in [-0.2, -0.15) is 0 Å². The fraction of sp³-hybridized carbons (Fsp3) is 0.381. The number of anilines is 2. The third-order valence-corrected chi connectivity index (χ3v) is 4.67. The summed E-state index contributed by atoms with van der Waals surface area (Å²) in [6.45, 7) is 3.53. The van der Waals surface area contributed by atoms with Crippen molar-refractivity contribution in [3.8, 4) is 0 Å². The van der Waals surface area contributed by atoms with Gasteiger partial charge in [0, 0.05) is 30.0 Å². The molecule has 0 bridgehead atoms. The van der Waals surface area contributed by atoms with E-state index in [2.05, 4.69) is 34.5 Å². The minimum absolute atomic E-state index is 0.0402. The van der Waals surface area contributed by atoms with E-state index in [1.807, 2.05) is 35.6 Å². The highest BCUT2D eigenvalue weighted by Crippen LogP contribution is 2.21. The third-order valence-electron chi connectivity index (χ3n) is 4.67. The lowest BCUT2D eigenvalue weighted by Gasteiger charge is -2.22. The molecule has 2 aromatic rings. The van der Waals surface area contributed by atoms with Crippen LogP contribution in [0.15, 0.2) is 54.6 Å². The zero-order valence-electron chi connectivity index (χ0n) is 14.8. The van der Waals surface area contributed by atoms with Crippen LogP contribution in [0.2, 0.25) is 0 Å². The summed E-state index contributed by atoms with van der Waals surface area (Å²) in [5, 5.41) is 5.01. The molecule has 0 atom stereocenters. The van der Waals surface area contributed by atoms with Crippen LogP contribution in [0.5, 0.6) is 0 Å². The number of hydrogen-bond acceptors (Lipinski definition) is 2. The van der Waals surface area contributed by atoms with Crippen LogP contribution in [0.3, 0.4) is 0 Å². The lowest BCUT2D eigenvalue weighted by Crippen LogP contribution is -2.84. The molecule has 0 saturated carbocycles. The van der Waals surface area contributed by atoms with Crippen molar-refractivity contribution in [3.63, 3.8) is 0 Å². The maximum absolute atomic E-state index is 12.1. The van der Waals surface area contributed by atoms with E-state index in [0.717, 1.165) is 25.3 Å². The first-order valence-corrected chi connectivity index (χ1v) is 9.32. The van der Waals surface area contributed by atoms with E-state index < -0.39 is 0 Å². The van der Waals surface area contributed by atoms with Gasteiger partial charge in [0.05, 0.1) is 0 Å². The second kappa shape index (κ2) is 9.23. The first-order valence-electron chi connectivity index (χ1n) is 9.32. The molecule has 1 fully saturated rings. The van der Waals surface area contributed by atoms with E-state index in [-0.39, 0.29) is 5.91 Å². The normalized spacial score (nSPS) is 14.8. The molecular weight excluding hydrogens is 310 g/mol. The first kappa shape index (κ1) is 17.5. The van der Waals surface area contributed by atoms with Gasteiger partial charge >= 0.3 is 0 Å². The van der Waals surface area contributed by atoms with Gasteiger partial charge in [0.2, 0.25) is 0 Å². The van der Waals surface area contributed by atoms with Gasteiger partial charge in [-0.3, -0.25) is 4.79 Å². The van der Waals surface area contributed by atoms with Crippen molar-refractivity contribution in [1.29, 1.82) is 0 Å². The molecule has 25 heavy (non-hydrogen) atoms. The van der Waals surface area contributed by atoms with Crippen LogP contribution in [-0.2, 0) is 11.3 Å². The number of quaternary nitrogens is 1. The van der Waals surface area contributed by atoms with Gasteiger partial charge in [-0.05, 0) is 37.1 Å². The smallest absolute Gasteiger partial charge is 0.279 e. The Hall–Kier alpha value is -2.33. The Morgan fingerprint density at radius 1 is 0.920 bits per heavy atom. The molecule has 1 amide bonds. The van der Waals surface area contributed by atoms with Crippen LogP contribution < -0.4 is 15.5 Å². The van der Waals surface area contributed by atoms with Crippen molar-refractivity contribution in [2.24, 2.45) is 0 Å². The molecule has 3 rings (SSSR count). The summed E-state index contributed by atoms with van der Waals surface area (Å²) in [4.78, 5) is 14.5. The molecule has 0 aromatic heterocycles. The Morgan fingerprint density at radius 3 is 2.28 bits per heavy atom. The molecule has 0 unspecified atom stereocenters. The highest BCUT2D eigenvalue weighted by molar-refractivity contribution is 5.91. The zero-order chi connectivity index (χ0) is 17.3. The molecule has 4 nitrogen and oxygen atoms in total. The summed E-state index contributed by atoms with van der Waals surface area (Å²) in [5.74, 6) is 0.0402. The molecule has 0 radical (unpaired) electrons. The minimum atomic E-state index is 0.0402. The number of nitrogens with zero attached hydrogens (tertiary/aromatic N) is 1. The summed E-state index contributed by atoms with van der Waals surface area (Å²) in [6, 6.07) is 18.5. The summed E-state index contributed by atoms with van der Waals surface area (Å²) < 4.78 is 0. The van der Waals surface area contributed by atoms with E-state index in [0.29, 0.717) is 6.54 Å². The molecule has 1 heterocycles. The van der Waals surface area contributed by atoms with Gasteiger partial charge in [0.15, 0.2) is 6.54 Å². The quantitative estimate of drug-likeness (QED) is 0.851. The summed E-state index contributed by atoms with van der Waals surface area (Å²) in [6.07, 6.45) is 5.22. The molecule has 0 aliphatic carbocycles. The number of carbonyl (C=O) groups is 1. The highest BCUT2D eigenvalue weighted by Gasteiger charge is 2.10. The zero-order valence-corrected chi connectivity index (χ0v) is 14.8. The van der Waals surface area contributed by atoms with E-state index in [9.17, 15) is 4.79 Å². The topological polar surface area (TPSA) is 49.0 Å². The Bertz CT molecular complexity index is 647. The molecule has 1 aliphatic heterocycles. The standard InChI is InChI=1S/C21H27N3O/c25-21(17-22-16-18-8-4-3-5-9-18)23-19-10-12-20(13-11-19)24-14-6-1-2-7-15-24/h3-5,8-13,22H,1-2,6-7,14-17H2,(H,23,25)/p+1. The molecule has 132 valence electrons. The van der Waals surface area contributed by atoms with Gasteiger partial charge in [-0.1, -0.05) is 43.2 Å². The maximum atomic E-state index is 12.1. The van der Waals surface area contributed by atoms with Crippen LogP contribution in [0.1, 0.15) is 31.2 Å². The molecule has 3 N–H and O–H groups in total. The van der Waals surface area contributed by atoms with E-state index >= 15 is 0 Å². The van der Waals surface area contributed by atoms with Crippen LogP contribution in [-0.4, -0.2) is 25.5 Å². The highest BCUT2D eigenvalue weighted by atomic mass is 16.1. The summed E-state index contributed by atoms with van der Waals surface area (Å²) in [5.41, 5.74) is 3.37. The predicted octanol–water partition coefficient (Wildman–Crippen LogP) is 2.77. The molecule has 0 spiro atoms. The summed E-state index contributed by atoms with van der Waals surface area (Å²) in [7, 11) is 0. The number of hydrogen-bond donors (Lipinski definition) is 2. The Kier molecular flexibility index (Phi) is 6.46. The average Bonchev–Trinajstić information content (AvgIpc) is 2.93. The fourth-order valence-corrected chi connectivity index (χ4v) is 3.28. The van der Waals surface area contributed by atoms with Crippen molar-refractivity contribution in [1.82, 2.24) is 0 Å². The summed E-state index contributed by atoms with van der Waals surface area (Å²) >= 11 is 0. The van der Waals surface area contributed by atoms with E-state index in [4.69, 9.17) is 0 Å². The largest absolute Gasteiger partial charge is 0.372 e. The molecule has 4 heteroatoms. The Morgan fingerprint density at radius 2 is 1.60 bits per heavy atom. The SMILES string of the molecule is O=C(C[NH2+]Cc1ccccc1)Nc1ccc(N2CCCCCC2)cc1. The van der Waals surface area contributed by atoms with Crippen LogP contribution >= 0.6 is 0 Å². The van der Waals surface area contributed by atoms with Gasteiger partial charge in [0.25, 0.3) is 5.91 Å². The lowest BCUT2D eigenvalue weighted by molar-refractivity contribution is -0.659. The van der Waals surface area contributed by atoms with E-state index in [1.54, 1.807) is 0 Å². The fourth-order valence-electron chi connectivity index (χ4n) is 3.28. The van der Waals surface area contributed by atoms with Crippen molar-refractivity contribution < 1.29 is 10.1 Å². The molecule has 1 aliphatic rings. The van der Waals surface area contributed by atoms with Crippen LogP contribution in [0.25, 0.3) is 0 Å². The number of nitrogens with one attached hydrogen (secondary N) is 1. The second-order valence-electron chi connectivity index (χ2n) is 6.68. The van der Waals surface area contributed by atoms with Gasteiger partial charge < -0.3 is 15.5 Å². The lowest BCUT2D eigenvalue weighted by atomic mass is 10.2.